The van der Waals surface area contributed by atoms with Crippen LogP contribution in [0.4, 0.5) is 21.8 Å². The number of halogens is 2. The minimum atomic E-state index is -1.60. The highest BCUT2D eigenvalue weighted by Gasteiger charge is 2.48. The number of alkyl halides is 1. The van der Waals surface area contributed by atoms with Gasteiger partial charge in [0.05, 0.1) is 11.7 Å². The number of aromatic nitrogens is 3. The van der Waals surface area contributed by atoms with Crippen LogP contribution in [0.25, 0.3) is 10.9 Å². The summed E-state index contributed by atoms with van der Waals surface area (Å²) < 4.78 is 23.1. The minimum absolute atomic E-state index is 0.0213. The van der Waals surface area contributed by atoms with Crippen molar-refractivity contribution in [1.82, 2.24) is 19.4 Å². The Morgan fingerprint density at radius 3 is 2.67 bits per heavy atom. The monoisotopic (exact) mass is 691 g/mol. The van der Waals surface area contributed by atoms with Gasteiger partial charge in [-0.25, -0.2) is 9.37 Å². The van der Waals surface area contributed by atoms with E-state index in [1.54, 1.807) is 57.3 Å². The number of nitrogens with one attached hydrogen (secondary N) is 1. The van der Waals surface area contributed by atoms with E-state index < -0.39 is 47.4 Å². The molecule has 3 N–H and O–H groups in total. The van der Waals surface area contributed by atoms with Gasteiger partial charge < -0.3 is 25.3 Å². The standard InChI is InChI=1S/C35H39ClFN7O5/c1-20-8-6-7-9-25(20)32(47)44(19-45)15-21(2)26-17-43(16-22(3)35(26,4)37)34-39-14-27(36)31(41-34)40-24-10-11-28-23(12-24)13-29(33(48)42(28)5)49-18-30(38)46/h6-14,19,21-22,26H,15-18H2,1-5H3,(H2,38,46)(H,39,40,41). The van der Waals surface area contributed by atoms with Crippen LogP contribution in [0.3, 0.4) is 0 Å². The molecule has 0 radical (unpaired) electrons. The van der Waals surface area contributed by atoms with E-state index in [0.29, 0.717) is 46.9 Å². The van der Waals surface area contributed by atoms with Crippen LogP contribution in [0.5, 0.6) is 5.75 Å². The molecule has 1 aliphatic rings. The van der Waals surface area contributed by atoms with Gasteiger partial charge in [-0.05, 0) is 55.7 Å². The lowest BCUT2D eigenvalue weighted by Crippen LogP contribution is -2.57. The van der Waals surface area contributed by atoms with Gasteiger partial charge in [-0.15, -0.1) is 0 Å². The fourth-order valence-corrected chi connectivity index (χ4v) is 6.50. The number of imide groups is 1. The number of benzene rings is 2. The summed E-state index contributed by atoms with van der Waals surface area (Å²) in [5.74, 6) is -1.91. The molecule has 1 aliphatic heterocycles. The molecule has 0 saturated carbocycles. The van der Waals surface area contributed by atoms with Gasteiger partial charge in [-0.2, -0.15) is 4.98 Å². The van der Waals surface area contributed by atoms with Gasteiger partial charge >= 0.3 is 0 Å². The number of nitrogens with zero attached hydrogens (tertiary/aromatic N) is 5. The first-order valence-corrected chi connectivity index (χ1v) is 16.2. The predicted octanol–water partition coefficient (Wildman–Crippen LogP) is 4.63. The topological polar surface area (TPSA) is 153 Å². The third kappa shape index (κ3) is 7.36. The lowest BCUT2D eigenvalue weighted by atomic mass is 9.71. The molecule has 14 heteroatoms. The normalized spacial score (nSPS) is 19.7. The van der Waals surface area contributed by atoms with Crippen molar-refractivity contribution in [2.75, 3.05) is 36.5 Å². The Labute approximate surface area is 288 Å². The zero-order valence-corrected chi connectivity index (χ0v) is 28.7. The van der Waals surface area contributed by atoms with Crippen molar-refractivity contribution < 1.29 is 23.5 Å². The van der Waals surface area contributed by atoms with Crippen LogP contribution in [0.1, 0.15) is 36.7 Å². The highest BCUT2D eigenvalue weighted by molar-refractivity contribution is 6.32. The van der Waals surface area contributed by atoms with E-state index in [0.717, 1.165) is 10.5 Å². The van der Waals surface area contributed by atoms with Gasteiger partial charge in [0.25, 0.3) is 17.4 Å². The second-order valence-corrected chi connectivity index (χ2v) is 13.2. The van der Waals surface area contributed by atoms with E-state index in [9.17, 15) is 19.2 Å². The highest BCUT2D eigenvalue weighted by atomic mass is 35.5. The molecule has 2 aromatic carbocycles. The molecule has 4 unspecified atom stereocenters. The van der Waals surface area contributed by atoms with E-state index >= 15 is 4.39 Å². The van der Waals surface area contributed by atoms with Crippen LogP contribution in [-0.4, -0.2) is 69.6 Å². The number of nitrogens with two attached hydrogens (primary N) is 1. The van der Waals surface area contributed by atoms with Gasteiger partial charge in [0.15, 0.2) is 18.2 Å². The van der Waals surface area contributed by atoms with Gasteiger partial charge in [0, 0.05) is 55.2 Å². The maximum absolute atomic E-state index is 16.4. The van der Waals surface area contributed by atoms with Crippen LogP contribution in [0.2, 0.25) is 5.02 Å². The lowest BCUT2D eigenvalue weighted by Gasteiger charge is -2.48. The van der Waals surface area contributed by atoms with Crippen LogP contribution in [0, 0.1) is 24.7 Å². The van der Waals surface area contributed by atoms with Gasteiger partial charge in [0.1, 0.15) is 10.7 Å². The zero-order valence-electron chi connectivity index (χ0n) is 27.9. The van der Waals surface area contributed by atoms with Crippen molar-refractivity contribution in [2.24, 2.45) is 30.5 Å². The van der Waals surface area contributed by atoms with Gasteiger partial charge in [0.2, 0.25) is 12.4 Å². The molecule has 3 amide bonds. The summed E-state index contributed by atoms with van der Waals surface area (Å²) in [5, 5.41) is 4.10. The molecule has 0 spiro atoms. The quantitative estimate of drug-likeness (QED) is 0.214. The molecular formula is C35H39ClFN7O5. The Balaban J connectivity index is 1.38. The molecule has 4 atom stereocenters. The number of aryl methyl sites for hydroxylation is 2. The number of fused-ring (bicyclic) bond motifs is 1. The van der Waals surface area contributed by atoms with E-state index in [1.165, 1.54) is 16.8 Å². The number of carbonyl (C=O) groups is 3. The average molecular weight is 692 g/mol. The van der Waals surface area contributed by atoms with Crippen molar-refractivity contribution >= 4 is 58.2 Å². The number of primary amides is 1. The second-order valence-electron chi connectivity index (χ2n) is 12.8. The van der Waals surface area contributed by atoms with E-state index in [-0.39, 0.29) is 23.9 Å². The number of carbonyl (C=O) groups excluding carboxylic acids is 3. The van der Waals surface area contributed by atoms with Crippen molar-refractivity contribution in [3.63, 3.8) is 0 Å². The fraction of sp³-hybridized carbons (Fsp3) is 0.371. The molecule has 49 heavy (non-hydrogen) atoms. The second kappa shape index (κ2) is 14.2. The molecule has 2 aromatic heterocycles. The Kier molecular flexibility index (Phi) is 10.2. The molecule has 3 heterocycles. The summed E-state index contributed by atoms with van der Waals surface area (Å²) in [7, 11) is 1.59. The lowest BCUT2D eigenvalue weighted by molar-refractivity contribution is -0.120. The summed E-state index contributed by atoms with van der Waals surface area (Å²) in [6.45, 7) is 7.21. The number of hydrogen-bond acceptors (Lipinski definition) is 9. The molecule has 1 saturated heterocycles. The van der Waals surface area contributed by atoms with E-state index in [1.807, 2.05) is 24.8 Å². The maximum Gasteiger partial charge on any atom is 0.293 e. The zero-order chi connectivity index (χ0) is 35.6. The molecule has 0 bridgehead atoms. The minimum Gasteiger partial charge on any atom is -0.478 e. The Morgan fingerprint density at radius 1 is 1.24 bits per heavy atom. The van der Waals surface area contributed by atoms with Crippen LogP contribution in [-0.2, 0) is 16.6 Å². The molecule has 258 valence electrons. The third-order valence-electron chi connectivity index (χ3n) is 9.37. The number of ether oxygens (including phenoxy) is 1. The molecular weight excluding hydrogens is 653 g/mol. The van der Waals surface area contributed by atoms with Crippen molar-refractivity contribution in [3.8, 4) is 5.75 Å². The smallest absolute Gasteiger partial charge is 0.293 e. The third-order valence-corrected chi connectivity index (χ3v) is 9.65. The van der Waals surface area contributed by atoms with Crippen molar-refractivity contribution in [2.45, 2.75) is 33.4 Å². The fourth-order valence-electron chi connectivity index (χ4n) is 6.36. The first kappa shape index (κ1) is 35.3. The first-order valence-electron chi connectivity index (χ1n) is 15.8. The highest BCUT2D eigenvalue weighted by Crippen LogP contribution is 2.41. The number of piperidine rings is 1. The van der Waals surface area contributed by atoms with Crippen LogP contribution < -0.4 is 26.2 Å². The molecule has 4 aromatic rings. The Hall–Kier alpha value is -5.04. The number of pyridine rings is 1. The van der Waals surface area contributed by atoms with Gasteiger partial charge in [-0.1, -0.05) is 43.6 Å². The Bertz CT molecular complexity index is 1970. The number of amides is 3. The largest absolute Gasteiger partial charge is 0.478 e. The van der Waals surface area contributed by atoms with Crippen LogP contribution >= 0.6 is 11.6 Å². The van der Waals surface area contributed by atoms with Crippen molar-refractivity contribution in [1.29, 1.82) is 0 Å². The summed E-state index contributed by atoms with van der Waals surface area (Å²) in [6.07, 6.45) is 1.97. The molecule has 0 aliphatic carbocycles. The van der Waals surface area contributed by atoms with Gasteiger partial charge in [-0.3, -0.25) is 24.1 Å². The number of rotatable bonds is 11. The molecule has 5 rings (SSSR count). The molecule has 12 nitrogen and oxygen atoms in total. The summed E-state index contributed by atoms with van der Waals surface area (Å²) >= 11 is 6.52. The summed E-state index contributed by atoms with van der Waals surface area (Å²) in [6, 6.07) is 13.8. The summed E-state index contributed by atoms with van der Waals surface area (Å²) in [5.41, 5.74) is 5.56. The van der Waals surface area contributed by atoms with Crippen molar-refractivity contribution in [3.05, 3.63) is 81.2 Å². The van der Waals surface area contributed by atoms with Crippen LogP contribution in [0.15, 0.2) is 59.5 Å². The van der Waals surface area contributed by atoms with E-state index in [2.05, 4.69) is 10.3 Å². The average Bonchev–Trinajstić information content (AvgIpc) is 3.06. The first-order chi connectivity index (χ1) is 23.2. The van der Waals surface area contributed by atoms with E-state index in [4.69, 9.17) is 27.1 Å². The summed E-state index contributed by atoms with van der Waals surface area (Å²) in [4.78, 5) is 61.4. The number of hydrogen-bond donors (Lipinski definition) is 2. The molecule has 1 fully saturated rings. The predicted molar refractivity (Wildman–Crippen MR) is 186 cm³/mol. The number of anilines is 3. The SMILES string of the molecule is Cc1ccccc1C(=O)N(C=O)CC(C)C1CN(c2ncc(Cl)c(Nc3ccc4c(c3)cc(OCC(N)=O)c(=O)n4C)n2)CC(C)C1(C)F. The maximum atomic E-state index is 16.4. The Morgan fingerprint density at radius 2 is 1.98 bits per heavy atom.